The number of ether oxygens (including phenoxy) is 2. The number of aromatic nitrogens is 2. The highest BCUT2D eigenvalue weighted by Gasteiger charge is 2.15. The summed E-state index contributed by atoms with van der Waals surface area (Å²) in [6, 6.07) is 5.08. The number of rotatable bonds is 3. The Labute approximate surface area is 146 Å². The molecule has 1 aromatic heterocycles. The molecule has 0 fully saturated rings. The number of benzene rings is 1. The van der Waals surface area contributed by atoms with Gasteiger partial charge in [-0.3, -0.25) is 5.10 Å². The van der Waals surface area contributed by atoms with Gasteiger partial charge in [0.05, 0.1) is 18.2 Å². The van der Waals surface area contributed by atoms with Gasteiger partial charge in [0.25, 0.3) is 0 Å². The fraction of sp³-hybridized carbons (Fsp3) is 0.389. The van der Waals surface area contributed by atoms with Gasteiger partial charge in [-0.05, 0) is 44.9 Å². The van der Waals surface area contributed by atoms with Crippen molar-refractivity contribution in [3.05, 3.63) is 29.5 Å². The van der Waals surface area contributed by atoms with Crippen molar-refractivity contribution < 1.29 is 19.1 Å². The van der Waals surface area contributed by atoms with Crippen molar-refractivity contribution in [2.45, 2.75) is 32.8 Å². The Bertz CT molecular complexity index is 837. The lowest BCUT2D eigenvalue weighted by Crippen LogP contribution is -2.32. The van der Waals surface area contributed by atoms with Crippen LogP contribution < -0.4 is 5.32 Å². The maximum Gasteiger partial charge on any atom is 0.407 e. The van der Waals surface area contributed by atoms with Crippen molar-refractivity contribution in [1.82, 2.24) is 15.5 Å². The summed E-state index contributed by atoms with van der Waals surface area (Å²) in [5.74, 6) is 5.53. The molecule has 2 aromatic rings. The molecule has 0 spiro atoms. The highest BCUT2D eigenvalue weighted by molar-refractivity contribution is 5.95. The van der Waals surface area contributed by atoms with Crippen LogP contribution in [0.15, 0.2) is 18.2 Å². The molecule has 0 saturated carbocycles. The number of esters is 1. The smallest absolute Gasteiger partial charge is 0.407 e. The van der Waals surface area contributed by atoms with Crippen molar-refractivity contribution in [2.75, 3.05) is 13.7 Å². The van der Waals surface area contributed by atoms with E-state index in [0.29, 0.717) is 29.7 Å². The molecule has 1 aromatic carbocycles. The van der Waals surface area contributed by atoms with Gasteiger partial charge in [0.1, 0.15) is 11.3 Å². The molecule has 0 aliphatic rings. The largest absolute Gasteiger partial charge is 0.465 e. The number of methoxy groups -OCH3 is 1. The fourth-order valence-electron chi connectivity index (χ4n) is 2.04. The Kier molecular flexibility index (Phi) is 5.65. The van der Waals surface area contributed by atoms with Crippen LogP contribution in [0.4, 0.5) is 4.79 Å². The second-order valence-electron chi connectivity index (χ2n) is 6.30. The molecule has 0 radical (unpaired) electrons. The second kappa shape index (κ2) is 7.71. The van der Waals surface area contributed by atoms with E-state index >= 15 is 0 Å². The monoisotopic (exact) mass is 343 g/mol. The van der Waals surface area contributed by atoms with Crippen LogP contribution in [0.5, 0.6) is 0 Å². The molecular formula is C18H21N3O4. The molecule has 7 nitrogen and oxygen atoms in total. The minimum Gasteiger partial charge on any atom is -0.465 e. The summed E-state index contributed by atoms with van der Waals surface area (Å²) in [7, 11) is 1.33. The van der Waals surface area contributed by atoms with Crippen LogP contribution in [-0.4, -0.2) is 41.5 Å². The number of amides is 1. The van der Waals surface area contributed by atoms with Crippen LogP contribution in [0.2, 0.25) is 0 Å². The molecule has 1 heterocycles. The number of H-pyrrole nitrogens is 1. The summed E-state index contributed by atoms with van der Waals surface area (Å²) in [6.07, 6.45) is 0.0108. The molecule has 0 aliphatic carbocycles. The third-order valence-corrected chi connectivity index (χ3v) is 3.11. The molecule has 0 saturated heterocycles. The van der Waals surface area contributed by atoms with E-state index < -0.39 is 17.7 Å². The van der Waals surface area contributed by atoms with Crippen LogP contribution >= 0.6 is 0 Å². The Morgan fingerprint density at radius 2 is 2.08 bits per heavy atom. The zero-order chi connectivity index (χ0) is 18.4. The molecule has 0 atom stereocenters. The number of carbonyl (C=O) groups excluding carboxylic acids is 2. The molecule has 132 valence electrons. The molecule has 25 heavy (non-hydrogen) atoms. The molecule has 0 aliphatic heterocycles. The minimum absolute atomic E-state index is 0.389. The number of hydrogen-bond acceptors (Lipinski definition) is 5. The Morgan fingerprint density at radius 3 is 2.76 bits per heavy atom. The maximum absolute atomic E-state index is 11.5. The summed E-state index contributed by atoms with van der Waals surface area (Å²) in [6.45, 7) is 5.81. The number of aromatic amines is 1. The molecule has 7 heteroatoms. The number of nitrogens with zero attached hydrogens (tertiary/aromatic N) is 1. The Hall–Kier alpha value is -3.01. The first-order valence-corrected chi connectivity index (χ1v) is 7.82. The quantitative estimate of drug-likeness (QED) is 0.508. The van der Waals surface area contributed by atoms with Gasteiger partial charge in [0, 0.05) is 18.4 Å². The third-order valence-electron chi connectivity index (χ3n) is 3.11. The average Bonchev–Trinajstić information content (AvgIpc) is 2.94. The first-order valence-electron chi connectivity index (χ1n) is 7.82. The van der Waals surface area contributed by atoms with Crippen molar-refractivity contribution in [1.29, 1.82) is 0 Å². The fourth-order valence-corrected chi connectivity index (χ4v) is 2.04. The van der Waals surface area contributed by atoms with Gasteiger partial charge >= 0.3 is 12.1 Å². The molecule has 0 unspecified atom stereocenters. The standard InChI is InChI=1S/C18H21N3O4/c1-18(2,3)25-17(23)19-10-6-5-7-14-13-9-8-12(16(22)24-4)11-15(13)21-20-14/h8-9,11H,6,10H2,1-4H3,(H,19,23)(H,20,21). The molecular weight excluding hydrogens is 322 g/mol. The van der Waals surface area contributed by atoms with Crippen molar-refractivity contribution in [3.63, 3.8) is 0 Å². The number of hydrogen-bond donors (Lipinski definition) is 2. The first-order chi connectivity index (χ1) is 11.8. The first kappa shape index (κ1) is 18.3. The Morgan fingerprint density at radius 1 is 1.32 bits per heavy atom. The van der Waals surface area contributed by atoms with Crippen molar-refractivity contribution in [2.24, 2.45) is 0 Å². The van der Waals surface area contributed by atoms with E-state index in [9.17, 15) is 9.59 Å². The summed E-state index contributed by atoms with van der Waals surface area (Å²) in [4.78, 5) is 23.0. The van der Waals surface area contributed by atoms with Crippen molar-refractivity contribution >= 4 is 23.0 Å². The minimum atomic E-state index is -0.520. The van der Waals surface area contributed by atoms with Gasteiger partial charge < -0.3 is 14.8 Å². The van der Waals surface area contributed by atoms with Crippen LogP contribution in [0, 0.1) is 11.8 Å². The predicted octanol–water partition coefficient (Wildman–Crippen LogP) is 2.62. The Balaban J connectivity index is 1.95. The van der Waals surface area contributed by atoms with Crippen LogP contribution in [0.1, 0.15) is 43.2 Å². The summed E-state index contributed by atoms with van der Waals surface area (Å²) in [5, 5.41) is 10.4. The SMILES string of the molecule is COC(=O)c1ccc2c(C#CCCNC(=O)OC(C)(C)C)[nH]nc2c1. The lowest BCUT2D eigenvalue weighted by Gasteiger charge is -2.19. The zero-order valence-electron chi connectivity index (χ0n) is 14.7. The van der Waals surface area contributed by atoms with Gasteiger partial charge in [-0.25, -0.2) is 9.59 Å². The number of carbonyl (C=O) groups is 2. The molecule has 2 rings (SSSR count). The highest BCUT2D eigenvalue weighted by atomic mass is 16.6. The zero-order valence-corrected chi connectivity index (χ0v) is 14.7. The third kappa shape index (κ3) is 5.24. The van der Waals surface area contributed by atoms with Gasteiger partial charge in [-0.2, -0.15) is 5.10 Å². The van der Waals surface area contributed by atoms with E-state index in [1.807, 2.05) is 0 Å². The van der Waals surface area contributed by atoms with E-state index in [4.69, 9.17) is 4.74 Å². The van der Waals surface area contributed by atoms with Gasteiger partial charge in [0.2, 0.25) is 0 Å². The molecule has 0 bridgehead atoms. The number of nitrogens with one attached hydrogen (secondary N) is 2. The topological polar surface area (TPSA) is 93.3 Å². The average molecular weight is 343 g/mol. The number of alkyl carbamates (subject to hydrolysis) is 1. The normalized spacial score (nSPS) is 10.7. The summed E-state index contributed by atoms with van der Waals surface area (Å²) >= 11 is 0. The predicted molar refractivity (Wildman–Crippen MR) is 93.2 cm³/mol. The lowest BCUT2D eigenvalue weighted by molar-refractivity contribution is 0.0527. The van der Waals surface area contributed by atoms with E-state index in [2.05, 4.69) is 32.1 Å². The molecule has 1 amide bonds. The van der Waals surface area contributed by atoms with Gasteiger partial charge in [0.15, 0.2) is 0 Å². The van der Waals surface area contributed by atoms with Gasteiger partial charge in [-0.1, -0.05) is 5.92 Å². The maximum atomic E-state index is 11.5. The number of fused-ring (bicyclic) bond motifs is 1. The van der Waals surface area contributed by atoms with E-state index in [1.54, 1.807) is 39.0 Å². The van der Waals surface area contributed by atoms with E-state index in [1.165, 1.54) is 7.11 Å². The summed E-state index contributed by atoms with van der Waals surface area (Å²) in [5.41, 5.74) is 1.21. The van der Waals surface area contributed by atoms with Crippen LogP contribution in [-0.2, 0) is 9.47 Å². The van der Waals surface area contributed by atoms with Crippen LogP contribution in [0.3, 0.4) is 0 Å². The van der Waals surface area contributed by atoms with Crippen molar-refractivity contribution in [3.8, 4) is 11.8 Å². The van der Waals surface area contributed by atoms with E-state index in [-0.39, 0.29) is 0 Å². The highest BCUT2D eigenvalue weighted by Crippen LogP contribution is 2.17. The second-order valence-corrected chi connectivity index (χ2v) is 6.30. The van der Waals surface area contributed by atoms with E-state index in [0.717, 1.165) is 5.39 Å². The molecule has 2 N–H and O–H groups in total. The van der Waals surface area contributed by atoms with Crippen LogP contribution in [0.25, 0.3) is 10.9 Å². The lowest BCUT2D eigenvalue weighted by atomic mass is 10.1. The van der Waals surface area contributed by atoms with Gasteiger partial charge in [-0.15, -0.1) is 0 Å². The summed E-state index contributed by atoms with van der Waals surface area (Å²) < 4.78 is 9.82.